The van der Waals surface area contributed by atoms with Crippen LogP contribution in [0.4, 0.5) is 0 Å². The molecule has 7 heteroatoms. The number of hydrogen-bond acceptors (Lipinski definition) is 4. The lowest BCUT2D eigenvalue weighted by molar-refractivity contribution is 0.0580. The molecule has 0 aliphatic carbocycles. The minimum atomic E-state index is -0.339. The van der Waals surface area contributed by atoms with Crippen molar-refractivity contribution in [3.63, 3.8) is 0 Å². The fourth-order valence-corrected chi connectivity index (χ4v) is 4.31. The first-order valence-corrected chi connectivity index (χ1v) is 10.2. The van der Waals surface area contributed by atoms with Gasteiger partial charge in [-0.1, -0.05) is 12.1 Å². The van der Waals surface area contributed by atoms with E-state index < -0.39 is 0 Å². The summed E-state index contributed by atoms with van der Waals surface area (Å²) in [5.41, 5.74) is 4.18. The second kappa shape index (κ2) is 7.44. The van der Waals surface area contributed by atoms with Crippen LogP contribution in [0.3, 0.4) is 0 Å². The van der Waals surface area contributed by atoms with E-state index in [9.17, 15) is 9.59 Å². The number of aryl methyl sites for hydroxylation is 1. The summed E-state index contributed by atoms with van der Waals surface area (Å²) in [5.74, 6) is -0.510. The lowest BCUT2D eigenvalue weighted by Crippen LogP contribution is -2.40. The molecule has 0 saturated carbocycles. The van der Waals surface area contributed by atoms with Gasteiger partial charge >= 0.3 is 0 Å². The normalized spacial score (nSPS) is 14.1. The Hall–Kier alpha value is -2.99. The van der Waals surface area contributed by atoms with Crippen LogP contribution in [0.2, 0.25) is 0 Å². The highest BCUT2D eigenvalue weighted by atomic mass is 127. The molecule has 0 N–H and O–H groups in total. The molecule has 2 heterocycles. The first kappa shape index (κ1) is 19.3. The van der Waals surface area contributed by atoms with Crippen molar-refractivity contribution < 1.29 is 9.59 Å². The van der Waals surface area contributed by atoms with Gasteiger partial charge in [0.05, 0.1) is 41.0 Å². The van der Waals surface area contributed by atoms with Crippen molar-refractivity contribution in [3.05, 3.63) is 74.5 Å². The van der Waals surface area contributed by atoms with Crippen LogP contribution in [-0.4, -0.2) is 32.5 Å². The zero-order valence-corrected chi connectivity index (χ0v) is 18.0. The second-order valence-corrected chi connectivity index (χ2v) is 8.22. The molecular weight excluding hydrogens is 479 g/mol. The lowest BCUT2D eigenvalue weighted by atomic mass is 10.0. The first-order valence-electron chi connectivity index (χ1n) is 9.11. The van der Waals surface area contributed by atoms with Crippen molar-refractivity contribution in [2.75, 3.05) is 0 Å². The second-order valence-electron chi connectivity index (χ2n) is 7.06. The Balaban J connectivity index is 1.55. The molecule has 0 saturated heterocycles. The van der Waals surface area contributed by atoms with Crippen molar-refractivity contribution in [1.29, 1.82) is 5.26 Å². The minimum absolute atomic E-state index is 0.252. The van der Waals surface area contributed by atoms with Gasteiger partial charge in [-0.05, 0) is 72.3 Å². The maximum atomic E-state index is 12.8. The summed E-state index contributed by atoms with van der Waals surface area (Å²) in [6.45, 7) is 4.14. The largest absolute Gasteiger partial charge is 0.270 e. The number of nitrogens with zero attached hydrogens (tertiary/aromatic N) is 4. The number of carbonyl (C=O) groups excluding carboxylic acids is 2. The van der Waals surface area contributed by atoms with Crippen LogP contribution < -0.4 is 0 Å². The fourth-order valence-electron chi connectivity index (χ4n) is 3.58. The maximum absolute atomic E-state index is 12.8. The number of halogens is 1. The smallest absolute Gasteiger partial charge is 0.262 e. The summed E-state index contributed by atoms with van der Waals surface area (Å²) in [6, 6.07) is 14.6. The maximum Gasteiger partial charge on any atom is 0.262 e. The quantitative estimate of drug-likeness (QED) is 0.404. The molecule has 3 aromatic rings. The predicted octanol–water partition coefficient (Wildman–Crippen LogP) is 4.02. The van der Waals surface area contributed by atoms with E-state index in [1.165, 1.54) is 4.90 Å². The molecule has 6 nitrogen and oxygen atoms in total. The fraction of sp³-hybridized carbons (Fsp3) is 0.182. The van der Waals surface area contributed by atoms with E-state index in [-0.39, 0.29) is 17.9 Å². The number of benzene rings is 2. The molecule has 4 rings (SSSR count). The van der Waals surface area contributed by atoms with E-state index >= 15 is 0 Å². The monoisotopic (exact) mass is 496 g/mol. The van der Waals surface area contributed by atoms with Gasteiger partial charge in [-0.3, -0.25) is 19.2 Å². The Bertz CT molecular complexity index is 1190. The van der Waals surface area contributed by atoms with E-state index in [0.29, 0.717) is 23.2 Å². The number of nitriles is 1. The van der Waals surface area contributed by atoms with Crippen molar-refractivity contribution in [3.8, 4) is 17.3 Å². The average Bonchev–Trinajstić information content (AvgIpc) is 3.25. The van der Waals surface area contributed by atoms with Gasteiger partial charge in [-0.2, -0.15) is 10.4 Å². The number of fused-ring (bicyclic) bond motifs is 1. The molecule has 1 atom stereocenters. The van der Waals surface area contributed by atoms with Gasteiger partial charge in [-0.15, -0.1) is 0 Å². The molecular formula is C22H17IN4O2. The highest BCUT2D eigenvalue weighted by Crippen LogP contribution is 2.29. The van der Waals surface area contributed by atoms with Crippen LogP contribution in [0.25, 0.3) is 11.3 Å². The Labute approximate surface area is 181 Å². The number of hydrogen-bond donors (Lipinski definition) is 0. The Morgan fingerprint density at radius 2 is 1.97 bits per heavy atom. The van der Waals surface area contributed by atoms with Gasteiger partial charge in [0.1, 0.15) is 0 Å². The van der Waals surface area contributed by atoms with Gasteiger partial charge in [-0.25, -0.2) is 0 Å². The molecule has 144 valence electrons. The molecule has 0 radical (unpaired) electrons. The zero-order valence-electron chi connectivity index (χ0n) is 15.9. The van der Waals surface area contributed by atoms with E-state index in [1.54, 1.807) is 22.9 Å². The molecule has 1 aromatic heterocycles. The van der Waals surface area contributed by atoms with E-state index in [2.05, 4.69) is 33.8 Å². The summed E-state index contributed by atoms with van der Waals surface area (Å²) in [6.07, 6.45) is 1.83. The van der Waals surface area contributed by atoms with Crippen LogP contribution in [0.1, 0.15) is 38.8 Å². The average molecular weight is 496 g/mol. The van der Waals surface area contributed by atoms with Crippen LogP contribution >= 0.6 is 22.6 Å². The molecule has 1 aliphatic rings. The SMILES string of the molecule is Cc1cc(-c2ccn(CC(C)N3C(=O)c4cccc(I)c4C3=O)n2)ccc1C#N. The van der Waals surface area contributed by atoms with Gasteiger partial charge in [0, 0.05) is 15.3 Å². The van der Waals surface area contributed by atoms with Gasteiger partial charge in [0.25, 0.3) is 11.8 Å². The third kappa shape index (κ3) is 3.34. The van der Waals surface area contributed by atoms with Gasteiger partial charge in [0.15, 0.2) is 0 Å². The van der Waals surface area contributed by atoms with Gasteiger partial charge < -0.3 is 0 Å². The molecule has 29 heavy (non-hydrogen) atoms. The van der Waals surface area contributed by atoms with Crippen molar-refractivity contribution in [1.82, 2.24) is 14.7 Å². The first-order chi connectivity index (χ1) is 13.9. The van der Waals surface area contributed by atoms with E-state index in [0.717, 1.165) is 20.4 Å². The number of rotatable bonds is 4. The van der Waals surface area contributed by atoms with Crippen molar-refractivity contribution in [2.45, 2.75) is 26.4 Å². The summed E-state index contributed by atoms with van der Waals surface area (Å²) in [7, 11) is 0. The summed E-state index contributed by atoms with van der Waals surface area (Å²) >= 11 is 2.09. The molecule has 0 fully saturated rings. The third-order valence-corrected chi connectivity index (χ3v) is 5.97. The number of amides is 2. The Morgan fingerprint density at radius 1 is 1.17 bits per heavy atom. The number of carbonyl (C=O) groups is 2. The van der Waals surface area contributed by atoms with Crippen LogP contribution in [0.5, 0.6) is 0 Å². The van der Waals surface area contributed by atoms with Crippen LogP contribution in [0, 0.1) is 21.8 Å². The van der Waals surface area contributed by atoms with Crippen molar-refractivity contribution >= 4 is 34.4 Å². The highest BCUT2D eigenvalue weighted by molar-refractivity contribution is 14.1. The molecule has 2 amide bonds. The van der Waals surface area contributed by atoms with E-state index in [4.69, 9.17) is 5.26 Å². The van der Waals surface area contributed by atoms with Crippen molar-refractivity contribution in [2.24, 2.45) is 0 Å². The predicted molar refractivity (Wildman–Crippen MR) is 116 cm³/mol. The molecule has 1 unspecified atom stereocenters. The zero-order chi connectivity index (χ0) is 20.7. The summed E-state index contributed by atoms with van der Waals surface area (Å²) in [4.78, 5) is 26.9. The summed E-state index contributed by atoms with van der Waals surface area (Å²) in [5, 5.41) is 13.7. The molecule has 0 spiro atoms. The number of aromatic nitrogens is 2. The van der Waals surface area contributed by atoms with Crippen LogP contribution in [-0.2, 0) is 6.54 Å². The Morgan fingerprint density at radius 3 is 2.66 bits per heavy atom. The number of imide groups is 1. The molecule has 2 aromatic carbocycles. The van der Waals surface area contributed by atoms with Gasteiger partial charge in [0.2, 0.25) is 0 Å². The summed E-state index contributed by atoms with van der Waals surface area (Å²) < 4.78 is 2.52. The van der Waals surface area contributed by atoms with Crippen LogP contribution in [0.15, 0.2) is 48.7 Å². The highest BCUT2D eigenvalue weighted by Gasteiger charge is 2.39. The molecule has 1 aliphatic heterocycles. The van der Waals surface area contributed by atoms with E-state index in [1.807, 2.05) is 44.3 Å². The Kier molecular flexibility index (Phi) is 4.96. The third-order valence-electron chi connectivity index (χ3n) is 5.07. The lowest BCUT2D eigenvalue weighted by Gasteiger charge is -2.22. The standard InChI is InChI=1S/C22H17IN4O2/c1-13-10-15(6-7-16(13)11-24)19-8-9-26(25-19)12-14(2)27-21(28)17-4-3-5-18(23)20(17)22(27)29/h3-10,14H,12H2,1-2H3. The molecule has 0 bridgehead atoms. The minimum Gasteiger partial charge on any atom is -0.270 e. The topological polar surface area (TPSA) is 79.0 Å².